The molecular weight excluding hydrogens is 258 g/mol. The Morgan fingerprint density at radius 3 is 2.05 bits per heavy atom. The molecule has 0 aliphatic heterocycles. The number of nitrogens with zero attached hydrogens (tertiary/aromatic N) is 1. The van der Waals surface area contributed by atoms with Crippen molar-refractivity contribution in [2.75, 3.05) is 0 Å². The molecule has 0 aliphatic rings. The monoisotopic (exact) mass is 289 g/mol. The van der Waals surface area contributed by atoms with E-state index < -0.39 is 8.07 Å². The Hall–Kier alpha value is -0.893. The van der Waals surface area contributed by atoms with E-state index in [1.165, 1.54) is 21.9 Å². The standard InChI is InChI=1S/C18H31NSi/c1-13(2)14(3)16-10-15(11-18(4,5)6)17(12-19-16)20(7,8)9/h10,12H,11H2,1-9H3. The van der Waals surface area contributed by atoms with Gasteiger partial charge in [0.25, 0.3) is 0 Å². The minimum absolute atomic E-state index is 0.311. The normalized spacial score (nSPS) is 12.4. The van der Waals surface area contributed by atoms with E-state index in [1.807, 2.05) is 0 Å². The minimum Gasteiger partial charge on any atom is -0.257 e. The highest BCUT2D eigenvalue weighted by atomic mass is 28.3. The van der Waals surface area contributed by atoms with Crippen LogP contribution >= 0.6 is 0 Å². The molecule has 2 heteroatoms. The van der Waals surface area contributed by atoms with Crippen molar-refractivity contribution in [3.8, 4) is 0 Å². The van der Waals surface area contributed by atoms with Crippen LogP contribution in [-0.2, 0) is 6.42 Å². The molecule has 112 valence electrons. The summed E-state index contributed by atoms with van der Waals surface area (Å²) in [6, 6.07) is 2.33. The zero-order valence-electron chi connectivity index (χ0n) is 14.8. The Bertz CT molecular complexity index is 509. The smallest absolute Gasteiger partial charge is 0.0799 e. The fourth-order valence-corrected chi connectivity index (χ4v) is 3.93. The lowest BCUT2D eigenvalue weighted by Crippen LogP contribution is -2.41. The molecular formula is C18H31NSi. The van der Waals surface area contributed by atoms with Gasteiger partial charge in [0, 0.05) is 6.20 Å². The first-order valence-electron chi connectivity index (χ1n) is 7.55. The van der Waals surface area contributed by atoms with E-state index >= 15 is 0 Å². The summed E-state index contributed by atoms with van der Waals surface area (Å²) in [5, 5.41) is 1.51. The molecule has 1 rings (SSSR count). The molecule has 0 aliphatic carbocycles. The van der Waals surface area contributed by atoms with Gasteiger partial charge in [-0.1, -0.05) is 46.0 Å². The third-order valence-electron chi connectivity index (χ3n) is 3.65. The van der Waals surface area contributed by atoms with Crippen LogP contribution in [0.4, 0.5) is 0 Å². The topological polar surface area (TPSA) is 12.9 Å². The zero-order valence-corrected chi connectivity index (χ0v) is 15.8. The third-order valence-corrected chi connectivity index (χ3v) is 5.72. The highest BCUT2D eigenvalue weighted by molar-refractivity contribution is 6.89. The van der Waals surface area contributed by atoms with E-state index in [4.69, 9.17) is 4.98 Å². The van der Waals surface area contributed by atoms with Crippen molar-refractivity contribution in [1.82, 2.24) is 4.98 Å². The second-order valence-corrected chi connectivity index (χ2v) is 13.4. The van der Waals surface area contributed by atoms with E-state index in [2.05, 4.69) is 73.4 Å². The lowest BCUT2D eigenvalue weighted by molar-refractivity contribution is 0.412. The number of rotatable bonds is 3. The second kappa shape index (κ2) is 5.85. The minimum atomic E-state index is -1.34. The summed E-state index contributed by atoms with van der Waals surface area (Å²) in [6.45, 7) is 20.7. The first kappa shape index (κ1) is 17.2. The van der Waals surface area contributed by atoms with Gasteiger partial charge in [-0.3, -0.25) is 4.98 Å². The molecule has 0 saturated heterocycles. The van der Waals surface area contributed by atoms with E-state index in [-0.39, 0.29) is 0 Å². The maximum absolute atomic E-state index is 4.73. The quantitative estimate of drug-likeness (QED) is 0.711. The molecule has 0 saturated carbocycles. The van der Waals surface area contributed by atoms with Crippen LogP contribution in [0.5, 0.6) is 0 Å². The first-order valence-corrected chi connectivity index (χ1v) is 11.1. The average molecular weight is 290 g/mol. The molecule has 0 fully saturated rings. The SMILES string of the molecule is CC(C)=C(C)c1cc(CC(C)(C)C)c([Si](C)(C)C)cn1. The number of pyridine rings is 1. The van der Waals surface area contributed by atoms with Crippen LogP contribution < -0.4 is 5.19 Å². The van der Waals surface area contributed by atoms with Gasteiger partial charge in [-0.05, 0) is 55.0 Å². The van der Waals surface area contributed by atoms with Crippen molar-refractivity contribution in [2.24, 2.45) is 5.41 Å². The molecule has 0 N–H and O–H groups in total. The van der Waals surface area contributed by atoms with Crippen molar-refractivity contribution in [3.63, 3.8) is 0 Å². The lowest BCUT2D eigenvalue weighted by atomic mass is 9.88. The van der Waals surface area contributed by atoms with E-state index in [0.29, 0.717) is 5.41 Å². The van der Waals surface area contributed by atoms with Gasteiger partial charge in [0.2, 0.25) is 0 Å². The van der Waals surface area contributed by atoms with Crippen LogP contribution in [-0.4, -0.2) is 13.1 Å². The summed E-state index contributed by atoms with van der Waals surface area (Å²) in [7, 11) is -1.34. The molecule has 0 spiro atoms. The van der Waals surface area contributed by atoms with Gasteiger partial charge < -0.3 is 0 Å². The van der Waals surface area contributed by atoms with Crippen molar-refractivity contribution in [2.45, 2.75) is 67.6 Å². The van der Waals surface area contributed by atoms with Crippen LogP contribution in [0.1, 0.15) is 52.8 Å². The van der Waals surface area contributed by atoms with Gasteiger partial charge in [-0.15, -0.1) is 0 Å². The molecule has 1 heterocycles. The zero-order chi connectivity index (χ0) is 15.7. The number of allylic oxidation sites excluding steroid dienone is 2. The fourth-order valence-electron chi connectivity index (χ4n) is 2.35. The molecule has 1 aromatic rings. The summed E-state index contributed by atoms with van der Waals surface area (Å²) >= 11 is 0. The van der Waals surface area contributed by atoms with Crippen LogP contribution in [0.15, 0.2) is 17.8 Å². The maximum atomic E-state index is 4.73. The predicted octanol–water partition coefficient (Wildman–Crippen LogP) is 5.03. The Morgan fingerprint density at radius 1 is 1.10 bits per heavy atom. The highest BCUT2D eigenvalue weighted by Gasteiger charge is 2.24. The van der Waals surface area contributed by atoms with Gasteiger partial charge in [0.05, 0.1) is 13.8 Å². The molecule has 1 aromatic heterocycles. The van der Waals surface area contributed by atoms with Crippen LogP contribution in [0.3, 0.4) is 0 Å². The van der Waals surface area contributed by atoms with Crippen LogP contribution in [0, 0.1) is 5.41 Å². The molecule has 0 amide bonds. The van der Waals surface area contributed by atoms with E-state index in [9.17, 15) is 0 Å². The van der Waals surface area contributed by atoms with Crippen molar-refractivity contribution < 1.29 is 0 Å². The van der Waals surface area contributed by atoms with Crippen molar-refractivity contribution >= 4 is 18.8 Å². The summed E-state index contributed by atoms with van der Waals surface area (Å²) in [5.41, 5.74) is 5.61. The molecule has 0 unspecified atom stereocenters. The van der Waals surface area contributed by atoms with Gasteiger partial charge in [0.1, 0.15) is 0 Å². The molecule has 0 aromatic carbocycles. The Morgan fingerprint density at radius 2 is 1.65 bits per heavy atom. The summed E-state index contributed by atoms with van der Waals surface area (Å²) < 4.78 is 0. The van der Waals surface area contributed by atoms with Gasteiger partial charge >= 0.3 is 0 Å². The molecule has 20 heavy (non-hydrogen) atoms. The van der Waals surface area contributed by atoms with E-state index in [1.54, 1.807) is 0 Å². The maximum Gasteiger partial charge on any atom is 0.0799 e. The highest BCUT2D eigenvalue weighted by Crippen LogP contribution is 2.24. The van der Waals surface area contributed by atoms with Gasteiger partial charge in [-0.25, -0.2) is 0 Å². The summed E-state index contributed by atoms with van der Waals surface area (Å²) in [6.07, 6.45) is 3.27. The Kier molecular flexibility index (Phi) is 5.02. The summed E-state index contributed by atoms with van der Waals surface area (Å²) in [5.74, 6) is 0. The van der Waals surface area contributed by atoms with Crippen LogP contribution in [0.2, 0.25) is 19.6 Å². The predicted molar refractivity (Wildman–Crippen MR) is 94.3 cm³/mol. The third kappa shape index (κ3) is 4.59. The molecule has 0 atom stereocenters. The average Bonchev–Trinajstić information content (AvgIpc) is 2.23. The summed E-state index contributed by atoms with van der Waals surface area (Å²) in [4.78, 5) is 4.73. The molecule has 0 bridgehead atoms. The van der Waals surface area contributed by atoms with Crippen molar-refractivity contribution in [1.29, 1.82) is 0 Å². The van der Waals surface area contributed by atoms with Gasteiger partial charge in [-0.2, -0.15) is 0 Å². The number of hydrogen-bond acceptors (Lipinski definition) is 1. The lowest BCUT2D eigenvalue weighted by Gasteiger charge is -2.26. The van der Waals surface area contributed by atoms with Crippen LogP contribution in [0.25, 0.3) is 5.57 Å². The largest absolute Gasteiger partial charge is 0.257 e. The Labute approximate surface area is 126 Å². The molecule has 0 radical (unpaired) electrons. The second-order valence-electron chi connectivity index (χ2n) is 8.34. The van der Waals surface area contributed by atoms with Crippen molar-refractivity contribution in [3.05, 3.63) is 29.1 Å². The first-order chi connectivity index (χ1) is 8.92. The number of hydrogen-bond donors (Lipinski definition) is 0. The van der Waals surface area contributed by atoms with Gasteiger partial charge in [0.15, 0.2) is 0 Å². The number of aromatic nitrogens is 1. The fraction of sp³-hybridized carbons (Fsp3) is 0.611. The molecule has 1 nitrogen and oxygen atoms in total. The van der Waals surface area contributed by atoms with E-state index in [0.717, 1.165) is 12.1 Å². The Balaban J connectivity index is 3.41.